The van der Waals surface area contributed by atoms with Crippen LogP contribution in [0.2, 0.25) is 0 Å². The molecule has 1 heterocycles. The van der Waals surface area contributed by atoms with E-state index in [1.165, 1.54) is 31.2 Å². The molecule has 1 amide bonds. The molecule has 22 heavy (non-hydrogen) atoms. The van der Waals surface area contributed by atoms with Gasteiger partial charge in [-0.25, -0.2) is 0 Å². The molecule has 1 aliphatic carbocycles. The third-order valence-corrected chi connectivity index (χ3v) is 5.44. The van der Waals surface area contributed by atoms with E-state index in [-0.39, 0.29) is 5.91 Å². The smallest absolute Gasteiger partial charge is 0.221 e. The molecule has 4 heteroatoms. The summed E-state index contributed by atoms with van der Waals surface area (Å²) in [5.74, 6) is 0.229. The van der Waals surface area contributed by atoms with Crippen molar-refractivity contribution in [3.05, 3.63) is 34.3 Å². The lowest BCUT2D eigenvalue weighted by molar-refractivity contribution is -0.122. The number of halogens is 1. The zero-order valence-corrected chi connectivity index (χ0v) is 14.6. The number of hydrogen-bond donors (Lipinski definition) is 1. The van der Waals surface area contributed by atoms with Gasteiger partial charge in [0.15, 0.2) is 0 Å². The molecule has 2 aliphatic rings. The number of benzene rings is 1. The summed E-state index contributed by atoms with van der Waals surface area (Å²) in [6.07, 6.45) is 7.90. The van der Waals surface area contributed by atoms with Crippen LogP contribution in [0.5, 0.6) is 0 Å². The number of hydrogen-bond acceptors (Lipinski definition) is 2. The van der Waals surface area contributed by atoms with Gasteiger partial charge in [-0.1, -0.05) is 40.9 Å². The molecule has 1 saturated carbocycles. The number of nitrogens with zero attached hydrogens (tertiary/aromatic N) is 1. The molecule has 1 aromatic carbocycles. The van der Waals surface area contributed by atoms with Crippen LogP contribution in [0.3, 0.4) is 0 Å². The number of rotatable bonds is 5. The molecule has 1 N–H and O–H groups in total. The molecule has 120 valence electrons. The van der Waals surface area contributed by atoms with Crippen LogP contribution in [0.25, 0.3) is 0 Å². The molecule has 2 fully saturated rings. The topological polar surface area (TPSA) is 32.3 Å². The lowest BCUT2D eigenvalue weighted by Gasteiger charge is -2.25. The normalized spacial score (nSPS) is 23.0. The standard InChI is InChI=1S/C18H25BrN2O/c19-15-6-3-5-14(13-15)17-9-4-11-21(17)12-10-18(22)20-16-7-1-2-8-16/h3,5-6,13,16-17H,1-2,4,7-12H2,(H,20,22). The Bertz CT molecular complexity index is 514. The summed E-state index contributed by atoms with van der Waals surface area (Å²) in [4.78, 5) is 14.6. The molecule has 0 radical (unpaired) electrons. The van der Waals surface area contributed by atoms with Crippen molar-refractivity contribution in [3.63, 3.8) is 0 Å². The van der Waals surface area contributed by atoms with Crippen LogP contribution in [0, 0.1) is 0 Å². The summed E-state index contributed by atoms with van der Waals surface area (Å²) in [5.41, 5.74) is 1.36. The van der Waals surface area contributed by atoms with Gasteiger partial charge in [-0.2, -0.15) is 0 Å². The van der Waals surface area contributed by atoms with E-state index in [4.69, 9.17) is 0 Å². The largest absolute Gasteiger partial charge is 0.353 e. The van der Waals surface area contributed by atoms with Crippen LogP contribution >= 0.6 is 15.9 Å². The Hall–Kier alpha value is -0.870. The average Bonchev–Trinajstić information content (AvgIpc) is 3.16. The van der Waals surface area contributed by atoms with Crippen molar-refractivity contribution >= 4 is 21.8 Å². The fraction of sp³-hybridized carbons (Fsp3) is 0.611. The number of likely N-dealkylation sites (tertiary alicyclic amines) is 1. The van der Waals surface area contributed by atoms with Gasteiger partial charge >= 0.3 is 0 Å². The summed E-state index contributed by atoms with van der Waals surface area (Å²) in [5, 5.41) is 3.19. The lowest BCUT2D eigenvalue weighted by atomic mass is 10.0. The van der Waals surface area contributed by atoms with Crippen molar-refractivity contribution < 1.29 is 4.79 Å². The summed E-state index contributed by atoms with van der Waals surface area (Å²) in [6, 6.07) is 9.48. The molecule has 0 spiro atoms. The van der Waals surface area contributed by atoms with E-state index in [9.17, 15) is 4.79 Å². The van der Waals surface area contributed by atoms with Crippen LogP contribution in [-0.2, 0) is 4.79 Å². The highest BCUT2D eigenvalue weighted by Gasteiger charge is 2.26. The van der Waals surface area contributed by atoms with Gasteiger partial charge in [-0.15, -0.1) is 0 Å². The molecule has 3 rings (SSSR count). The number of amides is 1. The van der Waals surface area contributed by atoms with Crippen molar-refractivity contribution in [1.82, 2.24) is 10.2 Å². The Labute approximate surface area is 141 Å². The Morgan fingerprint density at radius 3 is 2.82 bits per heavy atom. The lowest BCUT2D eigenvalue weighted by Crippen LogP contribution is -2.35. The molecule has 1 aliphatic heterocycles. The van der Waals surface area contributed by atoms with Crippen molar-refractivity contribution in [3.8, 4) is 0 Å². The van der Waals surface area contributed by atoms with Gasteiger partial charge in [-0.3, -0.25) is 9.69 Å². The molecule has 0 aromatic heterocycles. The van der Waals surface area contributed by atoms with Crippen molar-refractivity contribution in [2.45, 2.75) is 57.0 Å². The fourth-order valence-electron chi connectivity index (χ4n) is 3.80. The number of carbonyl (C=O) groups is 1. The minimum absolute atomic E-state index is 0.229. The van der Waals surface area contributed by atoms with E-state index < -0.39 is 0 Å². The molecule has 1 atom stereocenters. The Kier molecular flexibility index (Phi) is 5.53. The van der Waals surface area contributed by atoms with Gasteiger partial charge in [0, 0.05) is 29.5 Å². The summed E-state index contributed by atoms with van der Waals surface area (Å²) in [7, 11) is 0. The van der Waals surface area contributed by atoms with Crippen LogP contribution in [0.1, 0.15) is 56.6 Å². The molecular weight excluding hydrogens is 340 g/mol. The maximum atomic E-state index is 12.1. The maximum absolute atomic E-state index is 12.1. The summed E-state index contributed by atoms with van der Waals surface area (Å²) >= 11 is 3.56. The molecule has 1 aromatic rings. The minimum atomic E-state index is 0.229. The van der Waals surface area contributed by atoms with E-state index in [0.29, 0.717) is 18.5 Å². The van der Waals surface area contributed by atoms with Gasteiger partial charge in [0.25, 0.3) is 0 Å². The molecule has 1 saturated heterocycles. The molecule has 0 bridgehead atoms. The number of carbonyl (C=O) groups excluding carboxylic acids is 1. The van der Waals surface area contributed by atoms with E-state index in [2.05, 4.69) is 50.4 Å². The first kappa shape index (κ1) is 16.0. The van der Waals surface area contributed by atoms with Crippen molar-refractivity contribution in [2.75, 3.05) is 13.1 Å². The molecule has 1 unspecified atom stereocenters. The third kappa shape index (κ3) is 4.11. The first-order chi connectivity index (χ1) is 10.7. The highest BCUT2D eigenvalue weighted by molar-refractivity contribution is 9.10. The van der Waals surface area contributed by atoms with Gasteiger partial charge in [-0.05, 0) is 49.9 Å². The Balaban J connectivity index is 1.51. The van der Waals surface area contributed by atoms with E-state index in [1.807, 2.05) is 0 Å². The summed E-state index contributed by atoms with van der Waals surface area (Å²) < 4.78 is 1.14. The van der Waals surface area contributed by atoms with Gasteiger partial charge in [0.2, 0.25) is 5.91 Å². The molecule has 3 nitrogen and oxygen atoms in total. The first-order valence-corrected chi connectivity index (χ1v) is 9.30. The average molecular weight is 365 g/mol. The van der Waals surface area contributed by atoms with Crippen LogP contribution in [0.4, 0.5) is 0 Å². The minimum Gasteiger partial charge on any atom is -0.353 e. The predicted molar refractivity (Wildman–Crippen MR) is 92.7 cm³/mol. The predicted octanol–water partition coefficient (Wildman–Crippen LogP) is 4.03. The summed E-state index contributed by atoms with van der Waals surface area (Å²) in [6.45, 7) is 1.98. The Morgan fingerprint density at radius 2 is 2.05 bits per heavy atom. The maximum Gasteiger partial charge on any atom is 0.221 e. The van der Waals surface area contributed by atoms with Crippen LogP contribution in [-0.4, -0.2) is 29.9 Å². The van der Waals surface area contributed by atoms with Gasteiger partial charge in [0.1, 0.15) is 0 Å². The highest BCUT2D eigenvalue weighted by Crippen LogP contribution is 2.33. The molecular formula is C18H25BrN2O. The zero-order chi connectivity index (χ0) is 15.4. The third-order valence-electron chi connectivity index (χ3n) is 4.94. The van der Waals surface area contributed by atoms with Crippen molar-refractivity contribution in [2.24, 2.45) is 0 Å². The highest BCUT2D eigenvalue weighted by atomic mass is 79.9. The van der Waals surface area contributed by atoms with Crippen molar-refractivity contribution in [1.29, 1.82) is 0 Å². The first-order valence-electron chi connectivity index (χ1n) is 8.51. The van der Waals surface area contributed by atoms with Crippen LogP contribution < -0.4 is 5.32 Å². The fourth-order valence-corrected chi connectivity index (χ4v) is 4.22. The monoisotopic (exact) mass is 364 g/mol. The van der Waals surface area contributed by atoms with Crippen LogP contribution in [0.15, 0.2) is 28.7 Å². The van der Waals surface area contributed by atoms with E-state index >= 15 is 0 Å². The van der Waals surface area contributed by atoms with E-state index in [1.54, 1.807) is 0 Å². The van der Waals surface area contributed by atoms with E-state index in [0.717, 1.165) is 30.4 Å². The quantitative estimate of drug-likeness (QED) is 0.854. The Morgan fingerprint density at radius 1 is 1.23 bits per heavy atom. The second-order valence-corrected chi connectivity index (χ2v) is 7.46. The van der Waals surface area contributed by atoms with Gasteiger partial charge < -0.3 is 5.32 Å². The van der Waals surface area contributed by atoms with Gasteiger partial charge in [0.05, 0.1) is 0 Å². The second kappa shape index (κ2) is 7.60. The SMILES string of the molecule is O=C(CCN1CCCC1c1cccc(Br)c1)NC1CCCC1. The zero-order valence-electron chi connectivity index (χ0n) is 13.1. The number of nitrogens with one attached hydrogen (secondary N) is 1. The second-order valence-electron chi connectivity index (χ2n) is 6.55.